The average Bonchev–Trinajstić information content (AvgIpc) is 3.10. The summed E-state index contributed by atoms with van der Waals surface area (Å²) < 4.78 is 7.08. The Morgan fingerprint density at radius 2 is 2.00 bits per heavy atom. The number of pyridine rings is 1. The van der Waals surface area contributed by atoms with E-state index in [4.69, 9.17) is 9.72 Å². The Kier molecular flexibility index (Phi) is 4.00. The van der Waals surface area contributed by atoms with Crippen molar-refractivity contribution in [3.63, 3.8) is 0 Å². The van der Waals surface area contributed by atoms with Crippen LogP contribution in [0, 0.1) is 0 Å². The summed E-state index contributed by atoms with van der Waals surface area (Å²) in [6, 6.07) is 13.8. The Bertz CT molecular complexity index is 997. The molecule has 0 unspecified atom stereocenters. The highest BCUT2D eigenvalue weighted by molar-refractivity contribution is 5.78. The van der Waals surface area contributed by atoms with Gasteiger partial charge in [-0.05, 0) is 41.5 Å². The Morgan fingerprint density at radius 3 is 2.84 bits per heavy atom. The van der Waals surface area contributed by atoms with Crippen molar-refractivity contribution in [2.45, 2.75) is 6.54 Å². The van der Waals surface area contributed by atoms with Crippen LogP contribution in [-0.4, -0.2) is 26.7 Å². The van der Waals surface area contributed by atoms with Crippen molar-refractivity contribution in [1.29, 1.82) is 0 Å². The largest absolute Gasteiger partial charge is 0.497 e. The van der Waals surface area contributed by atoms with Crippen LogP contribution in [0.1, 0.15) is 5.56 Å². The van der Waals surface area contributed by atoms with Crippen LogP contribution in [0.5, 0.6) is 5.75 Å². The molecule has 4 aromatic rings. The van der Waals surface area contributed by atoms with E-state index < -0.39 is 0 Å². The zero-order valence-electron chi connectivity index (χ0n) is 13.8. The van der Waals surface area contributed by atoms with Crippen molar-refractivity contribution < 1.29 is 4.74 Å². The van der Waals surface area contributed by atoms with E-state index in [1.807, 2.05) is 54.9 Å². The smallest absolute Gasteiger partial charge is 0.165 e. The van der Waals surface area contributed by atoms with Crippen molar-refractivity contribution in [2.75, 3.05) is 12.4 Å². The molecule has 6 heteroatoms. The van der Waals surface area contributed by atoms with E-state index >= 15 is 0 Å². The summed E-state index contributed by atoms with van der Waals surface area (Å²) in [6.07, 6.45) is 7.29. The predicted molar refractivity (Wildman–Crippen MR) is 96.5 cm³/mol. The molecule has 0 atom stereocenters. The van der Waals surface area contributed by atoms with Gasteiger partial charge in [0.15, 0.2) is 5.65 Å². The predicted octanol–water partition coefficient (Wildman–Crippen LogP) is 3.41. The Hall–Kier alpha value is -3.41. The number of ether oxygens (including phenoxy) is 1. The maximum absolute atomic E-state index is 5.31. The first-order chi connectivity index (χ1) is 12.3. The van der Waals surface area contributed by atoms with Crippen LogP contribution < -0.4 is 10.1 Å². The average molecular weight is 331 g/mol. The highest BCUT2D eigenvalue weighted by atomic mass is 16.5. The fraction of sp³-hybridized carbons (Fsp3) is 0.105. The maximum atomic E-state index is 5.31. The van der Waals surface area contributed by atoms with Crippen LogP contribution in [0.3, 0.4) is 0 Å². The van der Waals surface area contributed by atoms with Crippen LogP contribution in [-0.2, 0) is 6.54 Å². The van der Waals surface area contributed by atoms with Gasteiger partial charge in [-0.3, -0.25) is 4.98 Å². The lowest BCUT2D eigenvalue weighted by molar-refractivity contribution is 0.415. The van der Waals surface area contributed by atoms with Crippen LogP contribution >= 0.6 is 0 Å². The maximum Gasteiger partial charge on any atom is 0.165 e. The highest BCUT2D eigenvalue weighted by Crippen LogP contribution is 2.27. The Labute approximate surface area is 145 Å². The lowest BCUT2D eigenvalue weighted by Gasteiger charge is -2.07. The molecule has 0 saturated heterocycles. The number of rotatable bonds is 5. The molecule has 0 saturated carbocycles. The second-order valence-electron chi connectivity index (χ2n) is 5.58. The summed E-state index contributed by atoms with van der Waals surface area (Å²) in [7, 11) is 1.66. The molecule has 1 N–H and O–H groups in total. The quantitative estimate of drug-likeness (QED) is 0.607. The highest BCUT2D eigenvalue weighted by Gasteiger charge is 2.10. The summed E-state index contributed by atoms with van der Waals surface area (Å²) >= 11 is 0. The van der Waals surface area contributed by atoms with E-state index in [9.17, 15) is 0 Å². The number of aromatic nitrogens is 4. The number of hydrogen-bond acceptors (Lipinski definition) is 5. The second-order valence-corrected chi connectivity index (χ2v) is 5.58. The van der Waals surface area contributed by atoms with Crippen LogP contribution in [0.4, 0.5) is 5.82 Å². The van der Waals surface area contributed by atoms with E-state index in [-0.39, 0.29) is 0 Å². The topological polar surface area (TPSA) is 64.3 Å². The summed E-state index contributed by atoms with van der Waals surface area (Å²) in [4.78, 5) is 8.74. The Morgan fingerprint density at radius 1 is 1.12 bits per heavy atom. The minimum Gasteiger partial charge on any atom is -0.497 e. The molecule has 0 spiro atoms. The van der Waals surface area contributed by atoms with Crippen molar-refractivity contribution >= 4 is 11.5 Å². The first-order valence-corrected chi connectivity index (χ1v) is 7.95. The summed E-state index contributed by atoms with van der Waals surface area (Å²) in [5.74, 6) is 1.61. The van der Waals surface area contributed by atoms with Crippen LogP contribution in [0.15, 0.2) is 67.3 Å². The number of nitrogens with one attached hydrogen (secondary N) is 1. The fourth-order valence-corrected chi connectivity index (χ4v) is 2.65. The molecule has 0 radical (unpaired) electrons. The van der Waals surface area contributed by atoms with Crippen molar-refractivity contribution in [1.82, 2.24) is 19.6 Å². The van der Waals surface area contributed by atoms with Gasteiger partial charge in [-0.25, -0.2) is 9.50 Å². The minimum absolute atomic E-state index is 0.689. The molecular formula is C19H17N5O. The minimum atomic E-state index is 0.689. The molecule has 1 aromatic carbocycles. The van der Waals surface area contributed by atoms with Gasteiger partial charge in [0.25, 0.3) is 0 Å². The van der Waals surface area contributed by atoms with Gasteiger partial charge in [0.05, 0.1) is 13.3 Å². The molecule has 0 fully saturated rings. The molecule has 0 amide bonds. The van der Waals surface area contributed by atoms with E-state index in [1.165, 1.54) is 0 Å². The van der Waals surface area contributed by atoms with Crippen molar-refractivity contribution in [3.8, 4) is 16.9 Å². The lowest BCUT2D eigenvalue weighted by atomic mass is 10.1. The monoisotopic (exact) mass is 331 g/mol. The number of nitrogens with zero attached hydrogens (tertiary/aromatic N) is 4. The van der Waals surface area contributed by atoms with E-state index in [0.29, 0.717) is 6.54 Å². The number of hydrogen-bond donors (Lipinski definition) is 1. The van der Waals surface area contributed by atoms with Crippen LogP contribution in [0.2, 0.25) is 0 Å². The first kappa shape index (κ1) is 15.1. The van der Waals surface area contributed by atoms with E-state index in [2.05, 4.69) is 15.4 Å². The van der Waals surface area contributed by atoms with E-state index in [1.54, 1.807) is 24.0 Å². The Balaban J connectivity index is 1.65. The van der Waals surface area contributed by atoms with Gasteiger partial charge in [0, 0.05) is 30.7 Å². The van der Waals surface area contributed by atoms with Crippen molar-refractivity contribution in [2.24, 2.45) is 0 Å². The number of fused-ring (bicyclic) bond motifs is 1. The number of benzene rings is 1. The normalized spacial score (nSPS) is 10.8. The van der Waals surface area contributed by atoms with Gasteiger partial charge in [0.1, 0.15) is 11.6 Å². The van der Waals surface area contributed by atoms with E-state index in [0.717, 1.165) is 33.9 Å². The molecule has 0 aliphatic heterocycles. The van der Waals surface area contributed by atoms with Gasteiger partial charge in [0.2, 0.25) is 0 Å². The molecule has 3 aromatic heterocycles. The lowest BCUT2D eigenvalue weighted by Crippen LogP contribution is -2.02. The zero-order chi connectivity index (χ0) is 17.1. The first-order valence-electron chi connectivity index (χ1n) is 7.95. The fourth-order valence-electron chi connectivity index (χ4n) is 2.65. The van der Waals surface area contributed by atoms with Gasteiger partial charge in [-0.1, -0.05) is 12.1 Å². The third-order valence-electron chi connectivity index (χ3n) is 3.97. The molecule has 4 rings (SSSR count). The van der Waals surface area contributed by atoms with Crippen LogP contribution in [0.25, 0.3) is 16.8 Å². The molecular weight excluding hydrogens is 314 g/mol. The van der Waals surface area contributed by atoms with Gasteiger partial charge < -0.3 is 10.1 Å². The van der Waals surface area contributed by atoms with Gasteiger partial charge in [-0.15, -0.1) is 0 Å². The molecule has 3 heterocycles. The number of anilines is 1. The molecule has 6 nitrogen and oxygen atoms in total. The molecule has 0 aliphatic carbocycles. The third-order valence-corrected chi connectivity index (χ3v) is 3.97. The SMILES string of the molecule is COc1cccc(-c2cnn3ccc(NCc4ccncc4)nc23)c1. The second kappa shape index (κ2) is 6.60. The molecule has 0 bridgehead atoms. The van der Waals surface area contributed by atoms with Gasteiger partial charge >= 0.3 is 0 Å². The summed E-state index contributed by atoms with van der Waals surface area (Å²) in [6.45, 7) is 0.689. The number of methoxy groups -OCH3 is 1. The standard InChI is InChI=1S/C19H17N5O/c1-25-16-4-2-3-15(11-16)17-13-22-24-10-7-18(23-19(17)24)21-12-14-5-8-20-9-6-14/h2-11,13H,12H2,1H3,(H,21,23). The zero-order valence-corrected chi connectivity index (χ0v) is 13.8. The van der Waals surface area contributed by atoms with Crippen molar-refractivity contribution in [3.05, 3.63) is 72.8 Å². The van der Waals surface area contributed by atoms with Gasteiger partial charge in [-0.2, -0.15) is 5.10 Å². The molecule has 25 heavy (non-hydrogen) atoms. The summed E-state index contributed by atoms with van der Waals surface area (Å²) in [5, 5.41) is 7.73. The molecule has 0 aliphatic rings. The summed E-state index contributed by atoms with van der Waals surface area (Å²) in [5.41, 5.74) is 3.94. The third kappa shape index (κ3) is 3.14. The molecule has 124 valence electrons.